The summed E-state index contributed by atoms with van der Waals surface area (Å²) in [6.45, 7) is 3.59. The molecule has 2 aromatic heterocycles. The molecule has 2 aromatic carbocycles. The largest absolute Gasteiger partial charge is 0.416 e. The van der Waals surface area contributed by atoms with Crippen molar-refractivity contribution in [1.82, 2.24) is 19.9 Å². The van der Waals surface area contributed by atoms with Crippen LogP contribution < -0.4 is 15.1 Å². The van der Waals surface area contributed by atoms with Crippen molar-refractivity contribution < 1.29 is 18.0 Å². The number of fused-ring (bicyclic) bond motifs is 1. The molecule has 0 radical (unpaired) electrons. The summed E-state index contributed by atoms with van der Waals surface area (Å²) in [7, 11) is 0. The molecular formula is C30H27ClF3N7O. The molecule has 0 saturated carbocycles. The van der Waals surface area contributed by atoms with E-state index in [9.17, 15) is 18.0 Å². The average molecular weight is 594 g/mol. The molecule has 0 aliphatic carbocycles. The van der Waals surface area contributed by atoms with Gasteiger partial charge in [-0.1, -0.05) is 23.7 Å². The number of anilines is 3. The van der Waals surface area contributed by atoms with Crippen LogP contribution in [0.5, 0.6) is 0 Å². The summed E-state index contributed by atoms with van der Waals surface area (Å²) < 4.78 is 41.1. The van der Waals surface area contributed by atoms with Gasteiger partial charge in [-0.15, -0.1) is 0 Å². The number of alkyl halides is 3. The van der Waals surface area contributed by atoms with Crippen LogP contribution >= 0.6 is 11.6 Å². The molecule has 1 amide bonds. The predicted molar refractivity (Wildman–Crippen MR) is 156 cm³/mol. The molecule has 2 aliphatic rings. The number of halogens is 4. The second kappa shape index (κ2) is 11.5. The van der Waals surface area contributed by atoms with E-state index >= 15 is 0 Å². The van der Waals surface area contributed by atoms with Gasteiger partial charge in [0.25, 0.3) is 5.91 Å². The Bertz CT molecular complexity index is 1580. The van der Waals surface area contributed by atoms with Crippen LogP contribution in [0.4, 0.5) is 30.5 Å². The highest BCUT2D eigenvalue weighted by Gasteiger charge is 2.34. The van der Waals surface area contributed by atoms with E-state index in [1.807, 2.05) is 28.0 Å². The van der Waals surface area contributed by atoms with Crippen LogP contribution in [0, 0.1) is 0 Å². The molecule has 1 fully saturated rings. The molecule has 6 rings (SSSR count). The Hall–Kier alpha value is -4.38. The Morgan fingerprint density at radius 3 is 2.40 bits per heavy atom. The van der Waals surface area contributed by atoms with Gasteiger partial charge in [0.1, 0.15) is 11.6 Å². The normalized spacial score (nSPS) is 15.3. The summed E-state index contributed by atoms with van der Waals surface area (Å²) in [4.78, 5) is 32.0. The van der Waals surface area contributed by atoms with Crippen molar-refractivity contribution in [3.05, 3.63) is 95.0 Å². The molecule has 216 valence electrons. The summed E-state index contributed by atoms with van der Waals surface area (Å²) in [6, 6.07) is 12.9. The molecule has 2 aliphatic heterocycles. The van der Waals surface area contributed by atoms with Crippen molar-refractivity contribution in [3.63, 3.8) is 0 Å². The molecule has 1 saturated heterocycles. The summed E-state index contributed by atoms with van der Waals surface area (Å²) in [6.07, 6.45) is 2.24. The first-order valence-electron chi connectivity index (χ1n) is 13.5. The Labute approximate surface area is 245 Å². The number of piperazine rings is 1. The van der Waals surface area contributed by atoms with Crippen molar-refractivity contribution in [2.75, 3.05) is 54.4 Å². The van der Waals surface area contributed by atoms with Crippen molar-refractivity contribution in [3.8, 4) is 11.1 Å². The van der Waals surface area contributed by atoms with E-state index in [4.69, 9.17) is 11.6 Å². The zero-order valence-electron chi connectivity index (χ0n) is 22.5. The quantitative estimate of drug-likeness (QED) is 0.323. The number of hydrogen-bond acceptors (Lipinski definition) is 7. The second-order valence-electron chi connectivity index (χ2n) is 10.2. The lowest BCUT2D eigenvalue weighted by Gasteiger charge is -2.35. The zero-order valence-corrected chi connectivity index (χ0v) is 23.2. The van der Waals surface area contributed by atoms with Crippen LogP contribution in [-0.2, 0) is 12.7 Å². The van der Waals surface area contributed by atoms with E-state index in [0.29, 0.717) is 56.3 Å². The molecule has 8 nitrogen and oxygen atoms in total. The first-order chi connectivity index (χ1) is 20.3. The Morgan fingerprint density at radius 1 is 0.905 bits per heavy atom. The van der Waals surface area contributed by atoms with Gasteiger partial charge in [0.2, 0.25) is 0 Å². The monoisotopic (exact) mass is 593 g/mol. The van der Waals surface area contributed by atoms with E-state index in [2.05, 4.69) is 25.2 Å². The third-order valence-electron chi connectivity index (χ3n) is 7.52. The van der Waals surface area contributed by atoms with Gasteiger partial charge in [0.05, 0.1) is 17.4 Å². The SMILES string of the molecule is O=C(c1ccc(-c2cnc3c(c2)N(Cc2cc(Cl)ccc2C(F)(F)F)CCN3)cc1)N1CCN(c2cnccn2)CC1. The van der Waals surface area contributed by atoms with Gasteiger partial charge >= 0.3 is 6.18 Å². The maximum atomic E-state index is 13.7. The topological polar surface area (TPSA) is 77.5 Å². The number of nitrogens with one attached hydrogen (secondary N) is 1. The average Bonchev–Trinajstić information content (AvgIpc) is 3.01. The zero-order chi connectivity index (χ0) is 29.3. The number of aromatic nitrogens is 3. The smallest absolute Gasteiger partial charge is 0.367 e. The fraction of sp³-hybridized carbons (Fsp3) is 0.267. The van der Waals surface area contributed by atoms with Crippen LogP contribution in [0.3, 0.4) is 0 Å². The molecule has 42 heavy (non-hydrogen) atoms. The lowest BCUT2D eigenvalue weighted by molar-refractivity contribution is -0.138. The van der Waals surface area contributed by atoms with Crippen LogP contribution in [0.15, 0.2) is 73.3 Å². The fourth-order valence-corrected chi connectivity index (χ4v) is 5.53. The molecule has 0 atom stereocenters. The van der Waals surface area contributed by atoms with Crippen molar-refractivity contribution in [2.24, 2.45) is 0 Å². The van der Waals surface area contributed by atoms with Gasteiger partial charge in [-0.25, -0.2) is 9.97 Å². The van der Waals surface area contributed by atoms with Gasteiger partial charge < -0.3 is 20.0 Å². The van der Waals surface area contributed by atoms with E-state index < -0.39 is 11.7 Å². The number of carbonyl (C=O) groups is 1. The number of benzene rings is 2. The van der Waals surface area contributed by atoms with E-state index in [-0.39, 0.29) is 23.0 Å². The van der Waals surface area contributed by atoms with Crippen molar-refractivity contribution in [2.45, 2.75) is 12.7 Å². The molecule has 0 unspecified atom stereocenters. The van der Waals surface area contributed by atoms with Gasteiger partial charge in [0, 0.05) is 80.6 Å². The lowest BCUT2D eigenvalue weighted by Crippen LogP contribution is -2.49. The van der Waals surface area contributed by atoms with Crippen molar-refractivity contribution in [1.29, 1.82) is 0 Å². The van der Waals surface area contributed by atoms with Gasteiger partial charge in [-0.2, -0.15) is 13.2 Å². The Kier molecular flexibility index (Phi) is 7.59. The third kappa shape index (κ3) is 5.82. The molecule has 4 aromatic rings. The number of nitrogens with zero attached hydrogens (tertiary/aromatic N) is 6. The summed E-state index contributed by atoms with van der Waals surface area (Å²) >= 11 is 6.06. The standard InChI is InChI=1S/C30H27ClF3N7O/c31-24-5-6-25(30(32,33)34)23(15-24)19-41-10-9-37-28-26(41)16-22(17-38-28)20-1-3-21(4-2-20)29(42)40-13-11-39(12-14-40)27-18-35-7-8-36-27/h1-8,15-18H,9-14,19H2,(H,37,38). The molecule has 0 bridgehead atoms. The van der Waals surface area contributed by atoms with Crippen LogP contribution in [0.2, 0.25) is 5.02 Å². The van der Waals surface area contributed by atoms with E-state index in [1.54, 1.807) is 36.9 Å². The maximum absolute atomic E-state index is 13.7. The summed E-state index contributed by atoms with van der Waals surface area (Å²) in [5.74, 6) is 1.36. The summed E-state index contributed by atoms with van der Waals surface area (Å²) in [5.41, 5.74) is 2.33. The Balaban J connectivity index is 1.17. The van der Waals surface area contributed by atoms with Crippen LogP contribution in [-0.4, -0.2) is 65.0 Å². The number of hydrogen-bond donors (Lipinski definition) is 1. The fourth-order valence-electron chi connectivity index (χ4n) is 5.34. The molecule has 4 heterocycles. The first-order valence-corrected chi connectivity index (χ1v) is 13.9. The molecule has 0 spiro atoms. The third-order valence-corrected chi connectivity index (χ3v) is 7.76. The first kappa shape index (κ1) is 27.8. The molecule has 12 heteroatoms. The van der Waals surface area contributed by atoms with E-state index in [0.717, 1.165) is 23.0 Å². The van der Waals surface area contributed by atoms with Gasteiger partial charge in [0.15, 0.2) is 0 Å². The van der Waals surface area contributed by atoms with Crippen LogP contribution in [0.25, 0.3) is 11.1 Å². The number of amides is 1. The van der Waals surface area contributed by atoms with Gasteiger partial charge in [-0.05, 0) is 47.5 Å². The summed E-state index contributed by atoms with van der Waals surface area (Å²) in [5, 5.41) is 3.48. The highest BCUT2D eigenvalue weighted by atomic mass is 35.5. The Morgan fingerprint density at radius 2 is 1.69 bits per heavy atom. The lowest BCUT2D eigenvalue weighted by atomic mass is 10.0. The van der Waals surface area contributed by atoms with Crippen molar-refractivity contribution >= 4 is 34.8 Å². The van der Waals surface area contributed by atoms with Gasteiger partial charge in [-0.3, -0.25) is 9.78 Å². The predicted octanol–water partition coefficient (Wildman–Crippen LogP) is 5.61. The maximum Gasteiger partial charge on any atom is 0.416 e. The van der Waals surface area contributed by atoms with Crippen LogP contribution in [0.1, 0.15) is 21.5 Å². The number of carbonyl (C=O) groups excluding carboxylic acids is 1. The second-order valence-corrected chi connectivity index (χ2v) is 10.6. The minimum Gasteiger partial charge on any atom is -0.367 e. The number of pyridine rings is 1. The molecular weight excluding hydrogens is 567 g/mol. The molecule has 1 N–H and O–H groups in total. The highest BCUT2D eigenvalue weighted by molar-refractivity contribution is 6.30. The van der Waals surface area contributed by atoms with E-state index in [1.165, 1.54) is 12.1 Å². The number of rotatable bonds is 5. The highest BCUT2D eigenvalue weighted by Crippen LogP contribution is 2.37. The minimum absolute atomic E-state index is 0.0345. The minimum atomic E-state index is -4.49.